The third kappa shape index (κ3) is 1.76. The van der Waals surface area contributed by atoms with E-state index in [0.29, 0.717) is 11.3 Å². The van der Waals surface area contributed by atoms with Crippen LogP contribution in [0, 0.1) is 6.92 Å². The molecule has 4 N–H and O–H groups in total. The molecule has 0 fully saturated rings. The summed E-state index contributed by atoms with van der Waals surface area (Å²) in [7, 11) is 0. The van der Waals surface area contributed by atoms with Crippen molar-refractivity contribution >= 4 is 23.3 Å². The maximum absolute atomic E-state index is 11.8. The average molecular weight is 247 g/mol. The minimum atomic E-state index is -0.993. The standard InChI is InChI=1S/C12H13N3O3/c1-6-3-2-4-7-9(6)15(12(18)10(7)16)5-8(13)11(14)17/h2-4,8H,5,13H2,1H3,(H2,14,17). The van der Waals surface area contributed by atoms with E-state index in [9.17, 15) is 14.4 Å². The summed E-state index contributed by atoms with van der Waals surface area (Å²) in [4.78, 5) is 35.8. The molecule has 1 aliphatic heterocycles. The number of hydrogen-bond donors (Lipinski definition) is 2. The highest BCUT2D eigenvalue weighted by atomic mass is 16.2. The van der Waals surface area contributed by atoms with Crippen molar-refractivity contribution in [3.63, 3.8) is 0 Å². The maximum Gasteiger partial charge on any atom is 0.299 e. The van der Waals surface area contributed by atoms with Crippen LogP contribution in [0.25, 0.3) is 0 Å². The molecule has 6 heteroatoms. The van der Waals surface area contributed by atoms with E-state index in [0.717, 1.165) is 5.56 Å². The van der Waals surface area contributed by atoms with Crippen molar-refractivity contribution in [3.05, 3.63) is 29.3 Å². The second-order valence-corrected chi connectivity index (χ2v) is 4.22. The molecule has 1 aromatic rings. The summed E-state index contributed by atoms with van der Waals surface area (Å²) in [6.45, 7) is 1.70. The van der Waals surface area contributed by atoms with Gasteiger partial charge in [0.2, 0.25) is 5.91 Å². The summed E-state index contributed by atoms with van der Waals surface area (Å²) in [6, 6.07) is 4.08. The molecule has 2 rings (SSSR count). The van der Waals surface area contributed by atoms with E-state index in [2.05, 4.69) is 0 Å². The number of para-hydroxylation sites is 1. The second-order valence-electron chi connectivity index (χ2n) is 4.22. The molecule has 1 aliphatic rings. The van der Waals surface area contributed by atoms with Crippen LogP contribution in [0.4, 0.5) is 5.69 Å². The lowest BCUT2D eigenvalue weighted by molar-refractivity contribution is -0.119. The molecule has 1 unspecified atom stereocenters. The Balaban J connectivity index is 2.42. The van der Waals surface area contributed by atoms with E-state index in [1.165, 1.54) is 4.90 Å². The third-order valence-electron chi connectivity index (χ3n) is 2.94. The molecule has 0 saturated heterocycles. The summed E-state index contributed by atoms with van der Waals surface area (Å²) in [5, 5.41) is 0. The first-order valence-electron chi connectivity index (χ1n) is 5.44. The van der Waals surface area contributed by atoms with Crippen LogP contribution in [0.2, 0.25) is 0 Å². The van der Waals surface area contributed by atoms with Crippen molar-refractivity contribution in [3.8, 4) is 0 Å². The Morgan fingerprint density at radius 1 is 1.39 bits per heavy atom. The van der Waals surface area contributed by atoms with Gasteiger partial charge >= 0.3 is 0 Å². The molecular formula is C12H13N3O3. The fraction of sp³-hybridized carbons (Fsp3) is 0.250. The third-order valence-corrected chi connectivity index (χ3v) is 2.94. The van der Waals surface area contributed by atoms with Crippen LogP contribution in [0.3, 0.4) is 0 Å². The summed E-state index contributed by atoms with van der Waals surface area (Å²) in [6.07, 6.45) is 0. The van der Waals surface area contributed by atoms with Crippen molar-refractivity contribution in [2.24, 2.45) is 11.5 Å². The van der Waals surface area contributed by atoms with Crippen molar-refractivity contribution in [2.75, 3.05) is 11.4 Å². The molecule has 0 radical (unpaired) electrons. The number of hydrogen-bond acceptors (Lipinski definition) is 4. The lowest BCUT2D eigenvalue weighted by Gasteiger charge is -2.20. The topological polar surface area (TPSA) is 106 Å². The van der Waals surface area contributed by atoms with Gasteiger partial charge in [-0.1, -0.05) is 12.1 Å². The Kier molecular flexibility index (Phi) is 2.88. The largest absolute Gasteiger partial charge is 0.368 e. The maximum atomic E-state index is 11.8. The molecule has 0 bridgehead atoms. The number of nitrogens with two attached hydrogens (primary N) is 2. The summed E-state index contributed by atoms with van der Waals surface area (Å²) in [5.41, 5.74) is 12.2. The highest BCUT2D eigenvalue weighted by Crippen LogP contribution is 2.31. The predicted octanol–water partition coefficient (Wildman–Crippen LogP) is -0.663. The average Bonchev–Trinajstić information content (AvgIpc) is 2.56. The minimum absolute atomic E-state index is 0.0856. The van der Waals surface area contributed by atoms with Crippen LogP contribution in [-0.4, -0.2) is 30.2 Å². The van der Waals surface area contributed by atoms with E-state index in [1.807, 2.05) is 0 Å². The zero-order valence-electron chi connectivity index (χ0n) is 9.84. The van der Waals surface area contributed by atoms with Crippen LogP contribution in [0.5, 0.6) is 0 Å². The van der Waals surface area contributed by atoms with Crippen LogP contribution in [-0.2, 0) is 9.59 Å². The van der Waals surface area contributed by atoms with Gasteiger partial charge in [-0.05, 0) is 18.6 Å². The molecule has 1 aromatic carbocycles. The van der Waals surface area contributed by atoms with Crippen LogP contribution < -0.4 is 16.4 Å². The van der Waals surface area contributed by atoms with E-state index < -0.39 is 23.6 Å². The van der Waals surface area contributed by atoms with E-state index >= 15 is 0 Å². The van der Waals surface area contributed by atoms with E-state index in [-0.39, 0.29) is 6.54 Å². The first kappa shape index (κ1) is 12.3. The van der Waals surface area contributed by atoms with Gasteiger partial charge < -0.3 is 16.4 Å². The monoisotopic (exact) mass is 247 g/mol. The summed E-state index contributed by atoms with van der Waals surface area (Å²) >= 11 is 0. The summed E-state index contributed by atoms with van der Waals surface area (Å²) in [5.74, 6) is -1.96. The highest BCUT2D eigenvalue weighted by Gasteiger charge is 2.37. The Hall–Kier alpha value is -2.21. The number of rotatable bonds is 3. The quantitative estimate of drug-likeness (QED) is 0.691. The molecule has 0 aromatic heterocycles. The molecule has 6 nitrogen and oxygen atoms in total. The number of Topliss-reactive ketones (excluding diaryl/α,β-unsaturated/α-hetero) is 1. The van der Waals surface area contributed by atoms with E-state index in [1.54, 1.807) is 25.1 Å². The number of nitrogens with zero attached hydrogens (tertiary/aromatic N) is 1. The molecule has 2 amide bonds. The first-order valence-corrected chi connectivity index (χ1v) is 5.44. The van der Waals surface area contributed by atoms with Crippen molar-refractivity contribution < 1.29 is 14.4 Å². The van der Waals surface area contributed by atoms with Crippen LogP contribution in [0.15, 0.2) is 18.2 Å². The van der Waals surface area contributed by atoms with Crippen molar-refractivity contribution in [1.82, 2.24) is 0 Å². The van der Waals surface area contributed by atoms with Crippen LogP contribution in [0.1, 0.15) is 15.9 Å². The van der Waals surface area contributed by atoms with Gasteiger partial charge in [0.05, 0.1) is 17.8 Å². The number of carbonyl (C=O) groups is 3. The number of anilines is 1. The molecular weight excluding hydrogens is 234 g/mol. The van der Waals surface area contributed by atoms with E-state index in [4.69, 9.17) is 11.5 Å². The fourth-order valence-electron chi connectivity index (χ4n) is 2.00. The molecule has 0 spiro atoms. The zero-order valence-corrected chi connectivity index (χ0v) is 9.84. The highest BCUT2D eigenvalue weighted by molar-refractivity contribution is 6.52. The van der Waals surface area contributed by atoms with Gasteiger partial charge in [-0.2, -0.15) is 0 Å². The van der Waals surface area contributed by atoms with Gasteiger partial charge in [0.15, 0.2) is 0 Å². The van der Waals surface area contributed by atoms with Crippen LogP contribution >= 0.6 is 0 Å². The number of carbonyl (C=O) groups excluding carboxylic acids is 3. The normalized spacial score (nSPS) is 15.8. The molecule has 94 valence electrons. The predicted molar refractivity (Wildman–Crippen MR) is 65.0 cm³/mol. The Bertz CT molecular complexity index is 553. The second kappa shape index (κ2) is 4.23. The summed E-state index contributed by atoms with van der Waals surface area (Å²) < 4.78 is 0. The molecule has 0 aliphatic carbocycles. The zero-order chi connectivity index (χ0) is 13.4. The molecule has 18 heavy (non-hydrogen) atoms. The van der Waals surface area contributed by atoms with Gasteiger partial charge in [-0.25, -0.2) is 0 Å². The number of amides is 2. The number of fused-ring (bicyclic) bond motifs is 1. The minimum Gasteiger partial charge on any atom is -0.368 e. The SMILES string of the molecule is Cc1cccc2c1N(CC(N)C(N)=O)C(=O)C2=O. The van der Waals surface area contributed by atoms with Gasteiger partial charge in [0, 0.05) is 0 Å². The Morgan fingerprint density at radius 2 is 2.06 bits per heavy atom. The van der Waals surface area contributed by atoms with Crippen molar-refractivity contribution in [1.29, 1.82) is 0 Å². The first-order chi connectivity index (χ1) is 8.43. The molecule has 1 atom stereocenters. The lowest BCUT2D eigenvalue weighted by Crippen LogP contribution is -2.47. The number of ketones is 1. The lowest BCUT2D eigenvalue weighted by atomic mass is 10.1. The van der Waals surface area contributed by atoms with Gasteiger partial charge in [0.25, 0.3) is 11.7 Å². The molecule has 0 saturated carbocycles. The van der Waals surface area contributed by atoms with Crippen molar-refractivity contribution in [2.45, 2.75) is 13.0 Å². The number of benzene rings is 1. The van der Waals surface area contributed by atoms with Gasteiger partial charge in [-0.15, -0.1) is 0 Å². The fourth-order valence-corrected chi connectivity index (χ4v) is 2.00. The van der Waals surface area contributed by atoms with Gasteiger partial charge in [-0.3, -0.25) is 14.4 Å². The molecule has 1 heterocycles. The number of primary amides is 1. The number of aryl methyl sites for hydroxylation is 1. The smallest absolute Gasteiger partial charge is 0.299 e. The Morgan fingerprint density at radius 3 is 2.67 bits per heavy atom. The Labute approximate surface area is 104 Å². The van der Waals surface area contributed by atoms with Gasteiger partial charge in [0.1, 0.15) is 6.04 Å².